The number of hydrogen-bond acceptors (Lipinski definition) is 6. The van der Waals surface area contributed by atoms with Gasteiger partial charge in [0.25, 0.3) is 0 Å². The average molecular weight is 386 g/mol. The van der Waals surface area contributed by atoms with Crippen molar-refractivity contribution in [2.45, 2.75) is 45.3 Å². The molecular weight excluding hydrogens is 356 g/mol. The maximum absolute atomic E-state index is 6.00. The summed E-state index contributed by atoms with van der Waals surface area (Å²) in [4.78, 5) is 7.30. The average Bonchev–Trinajstić information content (AvgIpc) is 3.22. The van der Waals surface area contributed by atoms with E-state index in [-0.39, 0.29) is 0 Å². The standard InChI is InChI=1S/C22H30N2O4/c1-15-19(14-24(12-16-6-7-16)13-18-5-4-10-27-18)23-22(28-15)17-8-9-20(25-2)21(11-17)26-3/h8-9,11,16,18H,4-7,10,12-14H2,1-3H3/t18-/m0/s1. The van der Waals surface area contributed by atoms with Gasteiger partial charge in [0.2, 0.25) is 5.89 Å². The van der Waals surface area contributed by atoms with Crippen molar-refractivity contribution < 1.29 is 18.6 Å². The first kappa shape index (κ1) is 19.3. The van der Waals surface area contributed by atoms with Gasteiger partial charge in [-0.1, -0.05) is 0 Å². The van der Waals surface area contributed by atoms with Crippen LogP contribution in [0.5, 0.6) is 11.5 Å². The Morgan fingerprint density at radius 3 is 2.61 bits per heavy atom. The molecule has 0 unspecified atom stereocenters. The number of ether oxygens (including phenoxy) is 3. The minimum Gasteiger partial charge on any atom is -0.493 e. The second-order valence-corrected chi connectivity index (χ2v) is 7.86. The summed E-state index contributed by atoms with van der Waals surface area (Å²) in [6.07, 6.45) is 5.38. The molecule has 6 nitrogen and oxygen atoms in total. The molecule has 1 aromatic heterocycles. The molecule has 28 heavy (non-hydrogen) atoms. The van der Waals surface area contributed by atoms with Crippen LogP contribution in [0.2, 0.25) is 0 Å². The summed E-state index contributed by atoms with van der Waals surface area (Å²) in [5.74, 6) is 3.70. The van der Waals surface area contributed by atoms with Crippen LogP contribution in [0.4, 0.5) is 0 Å². The van der Waals surface area contributed by atoms with Crippen LogP contribution >= 0.6 is 0 Å². The third-order valence-corrected chi connectivity index (χ3v) is 5.60. The van der Waals surface area contributed by atoms with E-state index < -0.39 is 0 Å². The fourth-order valence-corrected chi connectivity index (χ4v) is 3.82. The van der Waals surface area contributed by atoms with E-state index in [4.69, 9.17) is 23.6 Å². The molecular formula is C22H30N2O4. The van der Waals surface area contributed by atoms with Gasteiger partial charge in [0, 0.05) is 31.8 Å². The largest absolute Gasteiger partial charge is 0.493 e. The third kappa shape index (κ3) is 4.50. The van der Waals surface area contributed by atoms with Crippen molar-refractivity contribution in [3.63, 3.8) is 0 Å². The molecule has 0 bridgehead atoms. The highest BCUT2D eigenvalue weighted by molar-refractivity contribution is 5.60. The third-order valence-electron chi connectivity index (χ3n) is 5.60. The predicted octanol–water partition coefficient (Wildman–Crippen LogP) is 4.06. The Hall–Kier alpha value is -2.05. The summed E-state index contributed by atoms with van der Waals surface area (Å²) in [6.45, 7) is 5.80. The zero-order valence-electron chi connectivity index (χ0n) is 17.1. The van der Waals surface area contributed by atoms with Crippen molar-refractivity contribution in [3.05, 3.63) is 29.7 Å². The van der Waals surface area contributed by atoms with E-state index in [9.17, 15) is 0 Å². The molecule has 1 saturated carbocycles. The van der Waals surface area contributed by atoms with Gasteiger partial charge in [-0.2, -0.15) is 0 Å². The minimum absolute atomic E-state index is 0.358. The molecule has 152 valence electrons. The first-order valence-corrected chi connectivity index (χ1v) is 10.2. The summed E-state index contributed by atoms with van der Waals surface area (Å²) in [6, 6.07) is 5.73. The lowest BCUT2D eigenvalue weighted by molar-refractivity contribution is 0.0684. The molecule has 1 saturated heterocycles. The van der Waals surface area contributed by atoms with Crippen LogP contribution in [0, 0.1) is 12.8 Å². The summed E-state index contributed by atoms with van der Waals surface area (Å²) < 4.78 is 22.6. The highest BCUT2D eigenvalue weighted by Gasteiger charge is 2.28. The van der Waals surface area contributed by atoms with Gasteiger partial charge in [0.1, 0.15) is 5.76 Å². The number of methoxy groups -OCH3 is 2. The van der Waals surface area contributed by atoms with Crippen LogP contribution in [-0.2, 0) is 11.3 Å². The first-order valence-electron chi connectivity index (χ1n) is 10.2. The van der Waals surface area contributed by atoms with E-state index in [1.165, 1.54) is 19.3 Å². The van der Waals surface area contributed by atoms with E-state index in [0.29, 0.717) is 23.5 Å². The number of benzene rings is 1. The lowest BCUT2D eigenvalue weighted by Gasteiger charge is -2.24. The molecule has 2 fully saturated rings. The topological polar surface area (TPSA) is 57.0 Å². The lowest BCUT2D eigenvalue weighted by atomic mass is 10.2. The Morgan fingerprint density at radius 1 is 1.11 bits per heavy atom. The number of oxazole rings is 1. The number of aryl methyl sites for hydroxylation is 1. The maximum atomic E-state index is 6.00. The van der Waals surface area contributed by atoms with E-state index >= 15 is 0 Å². The highest BCUT2D eigenvalue weighted by atomic mass is 16.5. The Bertz CT molecular complexity index is 794. The molecule has 1 aliphatic heterocycles. The summed E-state index contributed by atoms with van der Waals surface area (Å²) >= 11 is 0. The first-order chi connectivity index (χ1) is 13.7. The molecule has 1 aromatic carbocycles. The quantitative estimate of drug-likeness (QED) is 0.648. The van der Waals surface area contributed by atoms with Gasteiger partial charge in [0.15, 0.2) is 11.5 Å². The van der Waals surface area contributed by atoms with Crippen LogP contribution in [0.15, 0.2) is 22.6 Å². The van der Waals surface area contributed by atoms with Crippen LogP contribution in [0.25, 0.3) is 11.5 Å². The Labute approximate surface area is 166 Å². The number of rotatable bonds is 9. The second kappa shape index (κ2) is 8.53. The molecule has 0 radical (unpaired) electrons. The second-order valence-electron chi connectivity index (χ2n) is 7.86. The summed E-state index contributed by atoms with van der Waals surface area (Å²) in [5.41, 5.74) is 1.89. The van der Waals surface area contributed by atoms with E-state index in [1.807, 2.05) is 25.1 Å². The van der Waals surface area contributed by atoms with Gasteiger partial charge in [-0.25, -0.2) is 4.98 Å². The predicted molar refractivity (Wildman–Crippen MR) is 107 cm³/mol. The zero-order chi connectivity index (χ0) is 19.5. The van der Waals surface area contributed by atoms with E-state index in [0.717, 1.165) is 55.6 Å². The van der Waals surface area contributed by atoms with Crippen molar-refractivity contribution in [2.24, 2.45) is 5.92 Å². The molecule has 0 spiro atoms. The fourth-order valence-electron chi connectivity index (χ4n) is 3.82. The highest BCUT2D eigenvalue weighted by Crippen LogP contribution is 2.34. The molecule has 4 rings (SSSR count). The summed E-state index contributed by atoms with van der Waals surface area (Å²) in [5, 5.41) is 0. The fraction of sp³-hybridized carbons (Fsp3) is 0.591. The van der Waals surface area contributed by atoms with Crippen molar-refractivity contribution in [2.75, 3.05) is 33.9 Å². The maximum Gasteiger partial charge on any atom is 0.226 e. The van der Waals surface area contributed by atoms with Gasteiger partial charge in [-0.15, -0.1) is 0 Å². The molecule has 0 N–H and O–H groups in total. The molecule has 2 heterocycles. The van der Waals surface area contributed by atoms with Crippen molar-refractivity contribution >= 4 is 0 Å². The molecule has 6 heteroatoms. The molecule has 0 amide bonds. The molecule has 1 aliphatic carbocycles. The van der Waals surface area contributed by atoms with Crippen LogP contribution in [-0.4, -0.2) is 49.9 Å². The van der Waals surface area contributed by atoms with Gasteiger partial charge >= 0.3 is 0 Å². The zero-order valence-corrected chi connectivity index (χ0v) is 17.1. The van der Waals surface area contributed by atoms with Crippen LogP contribution in [0.3, 0.4) is 0 Å². The number of aromatic nitrogens is 1. The summed E-state index contributed by atoms with van der Waals surface area (Å²) in [7, 11) is 3.27. The van der Waals surface area contributed by atoms with Crippen molar-refractivity contribution in [3.8, 4) is 23.0 Å². The van der Waals surface area contributed by atoms with Gasteiger partial charge in [0.05, 0.1) is 26.0 Å². The van der Waals surface area contributed by atoms with E-state index in [2.05, 4.69) is 4.90 Å². The minimum atomic E-state index is 0.358. The van der Waals surface area contributed by atoms with Gasteiger partial charge < -0.3 is 18.6 Å². The Balaban J connectivity index is 1.50. The van der Waals surface area contributed by atoms with Crippen molar-refractivity contribution in [1.29, 1.82) is 0 Å². The van der Waals surface area contributed by atoms with Crippen LogP contribution in [0.1, 0.15) is 37.1 Å². The lowest BCUT2D eigenvalue weighted by Crippen LogP contribution is -2.33. The molecule has 2 aliphatic rings. The van der Waals surface area contributed by atoms with Gasteiger partial charge in [-0.3, -0.25) is 4.90 Å². The molecule has 2 aromatic rings. The monoisotopic (exact) mass is 386 g/mol. The van der Waals surface area contributed by atoms with Crippen LogP contribution < -0.4 is 9.47 Å². The smallest absolute Gasteiger partial charge is 0.226 e. The number of hydrogen-bond donors (Lipinski definition) is 0. The molecule has 1 atom stereocenters. The Kier molecular flexibility index (Phi) is 5.87. The Morgan fingerprint density at radius 2 is 1.93 bits per heavy atom. The normalized spacial score (nSPS) is 19.4. The van der Waals surface area contributed by atoms with Crippen molar-refractivity contribution in [1.82, 2.24) is 9.88 Å². The van der Waals surface area contributed by atoms with Gasteiger partial charge in [-0.05, 0) is 56.7 Å². The number of nitrogens with zero attached hydrogens (tertiary/aromatic N) is 2. The van der Waals surface area contributed by atoms with E-state index in [1.54, 1.807) is 14.2 Å². The SMILES string of the molecule is COc1ccc(-c2nc(CN(CC3CC3)C[C@@H]3CCCO3)c(C)o2)cc1OC.